The van der Waals surface area contributed by atoms with Crippen molar-refractivity contribution < 1.29 is 49.6 Å². The Bertz CT molecular complexity index is 1300. The summed E-state index contributed by atoms with van der Waals surface area (Å²) < 4.78 is 109. The Morgan fingerprint density at radius 3 is 2.32 bits per heavy atom. The Morgan fingerprint density at radius 1 is 1.29 bits per heavy atom. The van der Waals surface area contributed by atoms with E-state index in [1.54, 1.807) is 13.8 Å². The number of hydrogen-bond donors (Lipinski definition) is 0. The summed E-state index contributed by atoms with van der Waals surface area (Å²) in [7, 11) is -3.03. The van der Waals surface area contributed by atoms with E-state index in [4.69, 9.17) is 37.4 Å². The summed E-state index contributed by atoms with van der Waals surface area (Å²) in [6.45, 7) is 2.81. The SMILES string of the molecule is CN(C(=O)OCC1COC(C)(C)O1)c1c(S(=O)C(F)(F)F)c(C#N)nn1-c1c(Cl)cc(C(F)(F)F)cc1Cl. The number of halogens is 8. The van der Waals surface area contributed by atoms with Crippen LogP contribution in [0.15, 0.2) is 17.0 Å². The molecule has 1 fully saturated rings. The Morgan fingerprint density at radius 2 is 1.87 bits per heavy atom. The molecule has 1 aliphatic rings. The van der Waals surface area contributed by atoms with Crippen molar-refractivity contribution >= 4 is 45.9 Å². The maximum Gasteiger partial charge on any atom is 0.476 e. The van der Waals surface area contributed by atoms with E-state index in [1.807, 2.05) is 0 Å². The number of rotatable bonds is 5. The van der Waals surface area contributed by atoms with Crippen LogP contribution in [-0.4, -0.2) is 57.7 Å². The highest BCUT2D eigenvalue weighted by Gasteiger charge is 2.45. The van der Waals surface area contributed by atoms with Gasteiger partial charge in [0.05, 0.1) is 22.2 Å². The van der Waals surface area contributed by atoms with E-state index < -0.39 is 84.8 Å². The molecule has 0 aliphatic carbocycles. The number of nitriles is 1. The third kappa shape index (κ3) is 6.18. The lowest BCUT2D eigenvalue weighted by atomic mass is 10.2. The van der Waals surface area contributed by atoms with E-state index in [9.17, 15) is 40.6 Å². The third-order valence-electron chi connectivity index (χ3n) is 4.93. The van der Waals surface area contributed by atoms with Gasteiger partial charge in [-0.2, -0.15) is 36.7 Å². The quantitative estimate of drug-likeness (QED) is 0.417. The van der Waals surface area contributed by atoms with Crippen LogP contribution in [0.3, 0.4) is 0 Å². The molecule has 3 rings (SSSR count). The lowest BCUT2D eigenvalue weighted by molar-refractivity contribution is -0.142. The van der Waals surface area contributed by atoms with Crippen molar-refractivity contribution in [1.29, 1.82) is 5.26 Å². The van der Waals surface area contributed by atoms with E-state index in [0.717, 1.165) is 7.05 Å². The first-order chi connectivity index (χ1) is 17.4. The molecule has 38 heavy (non-hydrogen) atoms. The fourth-order valence-corrected chi connectivity index (χ4v) is 4.86. The van der Waals surface area contributed by atoms with Crippen molar-refractivity contribution in [1.82, 2.24) is 9.78 Å². The second-order valence-corrected chi connectivity index (χ2v) is 10.3. The van der Waals surface area contributed by atoms with Crippen LogP contribution >= 0.6 is 23.2 Å². The molecule has 1 amide bonds. The van der Waals surface area contributed by atoms with Gasteiger partial charge >= 0.3 is 17.8 Å². The second-order valence-electron chi connectivity index (χ2n) is 8.11. The van der Waals surface area contributed by atoms with Gasteiger partial charge in [0.2, 0.25) is 0 Å². The van der Waals surface area contributed by atoms with Crippen molar-refractivity contribution in [2.45, 2.75) is 42.3 Å². The number of amides is 1. The number of hydrogen-bond acceptors (Lipinski definition) is 7. The molecule has 9 nitrogen and oxygen atoms in total. The molecule has 0 N–H and O–H groups in total. The molecule has 1 aliphatic heterocycles. The molecule has 2 heterocycles. The fourth-order valence-electron chi connectivity index (χ4n) is 3.33. The highest BCUT2D eigenvalue weighted by atomic mass is 35.5. The first kappa shape index (κ1) is 30.0. The zero-order chi connectivity index (χ0) is 28.8. The van der Waals surface area contributed by atoms with Crippen LogP contribution in [-0.2, 0) is 31.2 Å². The number of carbonyl (C=O) groups is 1. The number of anilines is 1. The maximum absolute atomic E-state index is 13.5. The Kier molecular flexibility index (Phi) is 8.31. The van der Waals surface area contributed by atoms with Gasteiger partial charge in [-0.15, -0.1) is 0 Å². The Labute approximate surface area is 223 Å². The number of carbonyl (C=O) groups excluding carboxylic acids is 1. The summed E-state index contributed by atoms with van der Waals surface area (Å²) in [6, 6.07) is 2.16. The summed E-state index contributed by atoms with van der Waals surface area (Å²) >= 11 is 12.0. The number of ether oxygens (including phenoxy) is 3. The molecular formula is C20H16Cl2F6N4O5S. The third-order valence-corrected chi connectivity index (χ3v) is 6.67. The van der Waals surface area contributed by atoms with Crippen LogP contribution in [0.4, 0.5) is 37.0 Å². The van der Waals surface area contributed by atoms with Gasteiger partial charge in [-0.25, -0.2) is 13.7 Å². The smallest absolute Gasteiger partial charge is 0.446 e. The maximum atomic E-state index is 13.5. The molecule has 2 atom stereocenters. The van der Waals surface area contributed by atoms with Gasteiger partial charge in [0.15, 0.2) is 28.1 Å². The average Bonchev–Trinajstić information content (AvgIpc) is 3.33. The monoisotopic (exact) mass is 608 g/mol. The van der Waals surface area contributed by atoms with Crippen molar-refractivity contribution in [3.8, 4) is 11.8 Å². The van der Waals surface area contributed by atoms with E-state index in [2.05, 4.69) is 5.10 Å². The Hall–Kier alpha value is -2.58. The molecule has 2 aromatic rings. The average molecular weight is 609 g/mol. The van der Waals surface area contributed by atoms with Crippen LogP contribution in [0.2, 0.25) is 10.0 Å². The first-order valence-electron chi connectivity index (χ1n) is 10.2. The van der Waals surface area contributed by atoms with Gasteiger partial charge in [-0.3, -0.25) is 4.90 Å². The van der Waals surface area contributed by atoms with Gasteiger partial charge in [0.25, 0.3) is 0 Å². The number of alkyl halides is 6. The summed E-state index contributed by atoms with van der Waals surface area (Å²) in [5, 5.41) is 11.5. The Balaban J connectivity index is 2.14. The van der Waals surface area contributed by atoms with E-state index in [-0.39, 0.29) is 6.61 Å². The minimum absolute atomic E-state index is 0.0284. The second kappa shape index (κ2) is 10.5. The van der Waals surface area contributed by atoms with E-state index in [0.29, 0.717) is 21.7 Å². The lowest BCUT2D eigenvalue weighted by Gasteiger charge is -2.22. The fraction of sp³-hybridized carbons (Fsp3) is 0.450. The van der Waals surface area contributed by atoms with E-state index in [1.165, 1.54) is 6.07 Å². The molecule has 2 unspecified atom stereocenters. The highest BCUT2D eigenvalue weighted by Crippen LogP contribution is 2.42. The predicted octanol–water partition coefficient (Wildman–Crippen LogP) is 5.42. The summed E-state index contributed by atoms with van der Waals surface area (Å²) in [4.78, 5) is 12.0. The van der Waals surface area contributed by atoms with Crippen molar-refractivity contribution in [3.63, 3.8) is 0 Å². The zero-order valence-corrected chi connectivity index (χ0v) is 21.7. The molecule has 0 bridgehead atoms. The topological polar surface area (TPSA) is 107 Å². The van der Waals surface area contributed by atoms with Crippen LogP contribution in [0.1, 0.15) is 25.1 Å². The largest absolute Gasteiger partial charge is 0.476 e. The molecule has 18 heteroatoms. The zero-order valence-electron chi connectivity index (χ0n) is 19.4. The first-order valence-corrected chi connectivity index (χ1v) is 12.1. The lowest BCUT2D eigenvalue weighted by Crippen LogP contribution is -2.34. The van der Waals surface area contributed by atoms with Gasteiger partial charge < -0.3 is 14.2 Å². The molecule has 208 valence electrons. The van der Waals surface area contributed by atoms with Gasteiger partial charge in [-0.1, -0.05) is 23.2 Å². The predicted molar refractivity (Wildman–Crippen MR) is 120 cm³/mol. The normalized spacial score (nSPS) is 18.2. The minimum atomic E-state index is -5.42. The standard InChI is InChI=1S/C20H16Cl2F6N4O5S/c1-18(2)36-8-10(37-18)7-35-17(33)31(3)16-15(38(34)20(26,27)28)13(6-29)30-32(16)14-11(21)4-9(5-12(14)22)19(23,24)25/h4-5,10H,7-8H2,1-3H3. The van der Waals surface area contributed by atoms with Crippen LogP contribution in [0.5, 0.6) is 0 Å². The van der Waals surface area contributed by atoms with Crippen LogP contribution in [0.25, 0.3) is 5.69 Å². The molecule has 0 saturated carbocycles. The molecule has 1 aromatic heterocycles. The van der Waals surface area contributed by atoms with Crippen molar-refractivity contribution in [3.05, 3.63) is 33.4 Å². The molecule has 0 spiro atoms. The minimum Gasteiger partial charge on any atom is -0.446 e. The number of nitrogens with zero attached hydrogens (tertiary/aromatic N) is 4. The van der Waals surface area contributed by atoms with Gasteiger partial charge in [0.1, 0.15) is 29.4 Å². The molecule has 1 saturated heterocycles. The molecule has 0 radical (unpaired) electrons. The summed E-state index contributed by atoms with van der Waals surface area (Å²) in [5.41, 5.74) is -8.39. The summed E-state index contributed by atoms with van der Waals surface area (Å²) in [5.74, 6) is -1.91. The van der Waals surface area contributed by atoms with Crippen LogP contribution in [0, 0.1) is 11.3 Å². The number of aromatic nitrogens is 2. The van der Waals surface area contributed by atoms with Crippen molar-refractivity contribution in [2.24, 2.45) is 0 Å². The summed E-state index contributed by atoms with van der Waals surface area (Å²) in [6.07, 6.45) is -6.94. The van der Waals surface area contributed by atoms with Gasteiger partial charge in [0, 0.05) is 7.05 Å². The van der Waals surface area contributed by atoms with Crippen molar-refractivity contribution in [2.75, 3.05) is 25.2 Å². The highest BCUT2D eigenvalue weighted by molar-refractivity contribution is 7.86. The molecular weight excluding hydrogens is 593 g/mol. The van der Waals surface area contributed by atoms with Gasteiger partial charge in [-0.05, 0) is 26.0 Å². The molecule has 1 aromatic carbocycles. The number of benzene rings is 1. The van der Waals surface area contributed by atoms with E-state index >= 15 is 0 Å². The van der Waals surface area contributed by atoms with Crippen LogP contribution < -0.4 is 4.90 Å².